The summed E-state index contributed by atoms with van der Waals surface area (Å²) in [5, 5.41) is 3.98. The fraction of sp³-hybridized carbons (Fsp3) is 0.364. The number of halogens is 1. The van der Waals surface area contributed by atoms with E-state index in [9.17, 15) is 4.39 Å². The minimum Gasteiger partial charge on any atom is -0.485 e. The van der Waals surface area contributed by atoms with Gasteiger partial charge < -0.3 is 14.2 Å². The Labute approximate surface area is 169 Å². The van der Waals surface area contributed by atoms with Crippen molar-refractivity contribution < 1.29 is 13.7 Å². The largest absolute Gasteiger partial charge is 0.485 e. The van der Waals surface area contributed by atoms with Gasteiger partial charge in [-0.3, -0.25) is 4.90 Å². The summed E-state index contributed by atoms with van der Waals surface area (Å²) in [5.74, 6) is 1.35. The van der Waals surface area contributed by atoms with Gasteiger partial charge in [0.15, 0.2) is 6.61 Å². The highest BCUT2D eigenvalue weighted by molar-refractivity contribution is 5.56. The Balaban J connectivity index is 1.27. The average Bonchev–Trinajstić information content (AvgIpc) is 3.18. The molecule has 1 saturated heterocycles. The molecule has 0 radical (unpaired) electrons. The van der Waals surface area contributed by atoms with Crippen LogP contribution in [0, 0.1) is 19.7 Å². The van der Waals surface area contributed by atoms with Crippen LogP contribution in [0.25, 0.3) is 0 Å². The Bertz CT molecular complexity index is 950. The molecule has 152 valence electrons. The maximum atomic E-state index is 12.9. The van der Waals surface area contributed by atoms with Gasteiger partial charge in [0.2, 0.25) is 11.7 Å². The summed E-state index contributed by atoms with van der Waals surface area (Å²) in [6.45, 7) is 8.99. The van der Waals surface area contributed by atoms with Gasteiger partial charge >= 0.3 is 0 Å². The Morgan fingerprint density at radius 2 is 1.79 bits per heavy atom. The van der Waals surface area contributed by atoms with E-state index in [0.29, 0.717) is 24.0 Å². The molecule has 1 fully saturated rings. The smallest absolute Gasteiger partial charge is 0.240 e. The maximum absolute atomic E-state index is 12.9. The van der Waals surface area contributed by atoms with Crippen LogP contribution in [-0.4, -0.2) is 41.2 Å². The lowest BCUT2D eigenvalue weighted by Gasteiger charge is -2.36. The normalized spacial score (nSPS) is 14.9. The molecule has 0 atom stereocenters. The van der Waals surface area contributed by atoms with Gasteiger partial charge in [-0.25, -0.2) is 4.39 Å². The molecule has 0 N–H and O–H groups in total. The lowest BCUT2D eigenvalue weighted by molar-refractivity contribution is 0.214. The number of aryl methyl sites for hydroxylation is 1. The van der Waals surface area contributed by atoms with Crippen LogP contribution >= 0.6 is 0 Å². The lowest BCUT2D eigenvalue weighted by Crippen LogP contribution is -2.46. The van der Waals surface area contributed by atoms with E-state index in [-0.39, 0.29) is 12.4 Å². The molecular formula is C22H25FN4O2. The van der Waals surface area contributed by atoms with Gasteiger partial charge in [0, 0.05) is 31.9 Å². The maximum Gasteiger partial charge on any atom is 0.240 e. The van der Waals surface area contributed by atoms with Gasteiger partial charge in [0.1, 0.15) is 11.6 Å². The van der Waals surface area contributed by atoms with E-state index in [2.05, 4.69) is 52.0 Å². The van der Waals surface area contributed by atoms with Gasteiger partial charge in [-0.05, 0) is 55.3 Å². The number of aromatic nitrogens is 2. The van der Waals surface area contributed by atoms with E-state index in [4.69, 9.17) is 9.26 Å². The SMILES string of the molecule is Cc1cccc(N2CCN(Cc3nc(COc4ccc(F)cc4)no3)CC2)c1C. The first-order valence-corrected chi connectivity index (χ1v) is 9.82. The molecule has 2 aromatic carbocycles. The average molecular weight is 396 g/mol. The summed E-state index contributed by atoms with van der Waals surface area (Å²) in [6.07, 6.45) is 0. The van der Waals surface area contributed by atoms with E-state index in [1.54, 1.807) is 12.1 Å². The van der Waals surface area contributed by atoms with Crippen LogP contribution in [0.3, 0.4) is 0 Å². The predicted octanol–water partition coefficient (Wildman–Crippen LogP) is 3.73. The molecule has 2 heterocycles. The summed E-state index contributed by atoms with van der Waals surface area (Å²) in [5.41, 5.74) is 4.00. The molecule has 0 amide bonds. The zero-order valence-electron chi connectivity index (χ0n) is 16.8. The van der Waals surface area contributed by atoms with E-state index >= 15 is 0 Å². The predicted molar refractivity (Wildman–Crippen MR) is 108 cm³/mol. The molecule has 6 nitrogen and oxygen atoms in total. The molecule has 1 aromatic heterocycles. The topological polar surface area (TPSA) is 54.6 Å². The van der Waals surface area contributed by atoms with Gasteiger partial charge in [0.25, 0.3) is 0 Å². The molecule has 0 aliphatic carbocycles. The van der Waals surface area contributed by atoms with Crippen LogP contribution in [0.1, 0.15) is 22.8 Å². The van der Waals surface area contributed by atoms with E-state index in [1.165, 1.54) is 28.9 Å². The standard InChI is InChI=1S/C22H25FN4O2/c1-16-4-3-5-20(17(16)2)27-12-10-26(11-13-27)14-22-24-21(25-29-22)15-28-19-8-6-18(23)7-9-19/h3-9H,10-15H2,1-2H3. The Hall–Kier alpha value is -2.93. The van der Waals surface area contributed by atoms with Crippen LogP contribution in [0.5, 0.6) is 5.75 Å². The van der Waals surface area contributed by atoms with Crippen molar-refractivity contribution >= 4 is 5.69 Å². The Morgan fingerprint density at radius 1 is 1.03 bits per heavy atom. The summed E-state index contributed by atoms with van der Waals surface area (Å²) < 4.78 is 23.9. The second-order valence-corrected chi connectivity index (χ2v) is 7.33. The zero-order valence-corrected chi connectivity index (χ0v) is 16.8. The van der Waals surface area contributed by atoms with Crippen molar-refractivity contribution in [2.75, 3.05) is 31.1 Å². The number of hydrogen-bond donors (Lipinski definition) is 0. The number of rotatable bonds is 6. The summed E-state index contributed by atoms with van der Waals surface area (Å²) >= 11 is 0. The third kappa shape index (κ3) is 4.74. The quantitative estimate of drug-likeness (QED) is 0.633. The molecule has 0 saturated carbocycles. The van der Waals surface area contributed by atoms with Crippen molar-refractivity contribution in [2.45, 2.75) is 27.0 Å². The number of nitrogens with zero attached hydrogens (tertiary/aromatic N) is 4. The lowest BCUT2D eigenvalue weighted by atomic mass is 10.1. The van der Waals surface area contributed by atoms with E-state index in [0.717, 1.165) is 26.2 Å². The van der Waals surface area contributed by atoms with Crippen molar-refractivity contribution in [1.29, 1.82) is 0 Å². The Morgan fingerprint density at radius 3 is 2.55 bits per heavy atom. The van der Waals surface area contributed by atoms with Crippen molar-refractivity contribution in [3.63, 3.8) is 0 Å². The number of piperazine rings is 1. The molecule has 4 rings (SSSR count). The zero-order chi connectivity index (χ0) is 20.2. The molecule has 0 spiro atoms. The van der Waals surface area contributed by atoms with E-state index in [1.807, 2.05) is 0 Å². The fourth-order valence-corrected chi connectivity index (χ4v) is 3.51. The van der Waals surface area contributed by atoms with Crippen molar-refractivity contribution in [2.24, 2.45) is 0 Å². The minimum atomic E-state index is -0.295. The first-order valence-electron chi connectivity index (χ1n) is 9.82. The third-order valence-electron chi connectivity index (χ3n) is 5.34. The molecule has 7 heteroatoms. The number of anilines is 1. The number of hydrogen-bond acceptors (Lipinski definition) is 6. The highest BCUT2D eigenvalue weighted by Gasteiger charge is 2.20. The first kappa shape index (κ1) is 19.4. The Kier molecular flexibility index (Phi) is 5.76. The van der Waals surface area contributed by atoms with Gasteiger partial charge in [-0.1, -0.05) is 17.3 Å². The molecule has 1 aliphatic rings. The van der Waals surface area contributed by atoms with Crippen molar-refractivity contribution in [3.8, 4) is 5.75 Å². The van der Waals surface area contributed by atoms with Gasteiger partial charge in [0.05, 0.1) is 6.54 Å². The summed E-state index contributed by atoms with van der Waals surface area (Å²) in [7, 11) is 0. The van der Waals surface area contributed by atoms with Crippen LogP contribution < -0.4 is 9.64 Å². The third-order valence-corrected chi connectivity index (χ3v) is 5.34. The number of ether oxygens (including phenoxy) is 1. The van der Waals surface area contributed by atoms with Crippen molar-refractivity contribution in [1.82, 2.24) is 15.0 Å². The van der Waals surface area contributed by atoms with Crippen LogP contribution in [0.4, 0.5) is 10.1 Å². The molecule has 0 bridgehead atoms. The molecular weight excluding hydrogens is 371 g/mol. The van der Waals surface area contributed by atoms with E-state index < -0.39 is 0 Å². The second kappa shape index (κ2) is 8.61. The van der Waals surface area contributed by atoms with Gasteiger partial charge in [-0.2, -0.15) is 4.98 Å². The minimum absolute atomic E-state index is 0.190. The van der Waals surface area contributed by atoms with Crippen molar-refractivity contribution in [3.05, 3.63) is 71.1 Å². The monoisotopic (exact) mass is 396 g/mol. The highest BCUT2D eigenvalue weighted by Crippen LogP contribution is 2.24. The molecule has 1 aliphatic heterocycles. The van der Waals surface area contributed by atoms with Crippen LogP contribution in [-0.2, 0) is 13.2 Å². The fourth-order valence-electron chi connectivity index (χ4n) is 3.51. The molecule has 0 unspecified atom stereocenters. The first-order chi connectivity index (χ1) is 14.1. The molecule has 3 aromatic rings. The number of benzene rings is 2. The summed E-state index contributed by atoms with van der Waals surface area (Å²) in [6, 6.07) is 12.3. The van der Waals surface area contributed by atoms with Gasteiger partial charge in [-0.15, -0.1) is 0 Å². The summed E-state index contributed by atoms with van der Waals surface area (Å²) in [4.78, 5) is 9.17. The highest BCUT2D eigenvalue weighted by atomic mass is 19.1. The molecule has 29 heavy (non-hydrogen) atoms. The van der Waals surface area contributed by atoms with Crippen LogP contribution in [0.15, 0.2) is 47.0 Å². The second-order valence-electron chi connectivity index (χ2n) is 7.33. The van der Waals surface area contributed by atoms with Crippen LogP contribution in [0.2, 0.25) is 0 Å².